The van der Waals surface area contributed by atoms with E-state index in [1.807, 2.05) is 60.8 Å². The van der Waals surface area contributed by atoms with Crippen molar-refractivity contribution in [2.75, 3.05) is 0 Å². The first kappa shape index (κ1) is 161. The van der Waals surface area contributed by atoms with Crippen molar-refractivity contribution in [3.05, 3.63) is 406 Å². The van der Waals surface area contributed by atoms with E-state index in [2.05, 4.69) is 454 Å². The molecule has 0 spiro atoms. The molecule has 0 saturated heterocycles. The second-order valence-electron chi connectivity index (χ2n) is 42.9. The maximum absolute atomic E-state index is 3.81. The van der Waals surface area contributed by atoms with Gasteiger partial charge in [-0.05, 0) is 517 Å². The average molecular weight is 2060 g/mol. The van der Waals surface area contributed by atoms with Gasteiger partial charge in [-0.25, -0.2) is 0 Å². The maximum Gasteiger partial charge on any atom is -0.0139 e. The summed E-state index contributed by atoms with van der Waals surface area (Å²) in [5.74, 6) is 0.643. The molecule has 0 aliphatic carbocycles. The van der Waals surface area contributed by atoms with Crippen molar-refractivity contribution in [2.45, 2.75) is 538 Å². The third-order valence-electron chi connectivity index (χ3n) is 25.3. The minimum absolute atomic E-state index is 0.643. The number of allylic oxidation sites excluding steroid dienone is 58. The molecule has 1 atom stereocenters. The van der Waals surface area contributed by atoms with Gasteiger partial charge in [0, 0.05) is 0 Å². The lowest BCUT2D eigenvalue weighted by molar-refractivity contribution is 0.677. The van der Waals surface area contributed by atoms with Gasteiger partial charge < -0.3 is 0 Å². The third-order valence-corrected chi connectivity index (χ3v) is 25.3. The molecule has 1 unspecified atom stereocenters. The first-order chi connectivity index (χ1) is 71.4. The van der Waals surface area contributed by atoms with Crippen LogP contribution in [0, 0.1) is 5.92 Å². The summed E-state index contributed by atoms with van der Waals surface area (Å²) < 4.78 is 0. The SMILES string of the molecule is C=CC/C(=C/C)CC/C=C\C.C=CC/C(=C/C)CC/C=C\CC.C=CC/C(=C/C)CCCCCC=C(C)C.C=CC/C(=C/C)CCCCCC=C(C)C.C=CCC(C)/C(C)=C(/C)CCC(C)=C(C)C.C=CCC/C=C(/C)CCC=C(C)C.C=CCC/C=C(\C)CC/C=C(\C)CCC=C(C)C.C=CCC/C=C(\C)CC=C(C)CCC=C(C)C.C=CCC=C(C)CC/C=C(\C)CCC=C(C)C.C=CCC=C(C)CC=C(C)CCC=C(C)C. The number of hydrogen-bond donors (Lipinski definition) is 0. The summed E-state index contributed by atoms with van der Waals surface area (Å²) in [5.41, 5.74) is 35.5. The van der Waals surface area contributed by atoms with Crippen LogP contribution >= 0.6 is 0 Å². The van der Waals surface area contributed by atoms with Crippen molar-refractivity contribution in [1.29, 1.82) is 0 Å². The lowest BCUT2D eigenvalue weighted by atomic mass is 9.92. The fourth-order valence-corrected chi connectivity index (χ4v) is 14.5. The molecule has 0 bridgehead atoms. The highest BCUT2D eigenvalue weighted by molar-refractivity contribution is 5.19. The summed E-state index contributed by atoms with van der Waals surface area (Å²) in [6, 6.07) is 0. The van der Waals surface area contributed by atoms with E-state index in [1.165, 1.54) is 309 Å². The fraction of sp³-hybridized carbons (Fsp3) is 0.547. The standard InChI is InChI=1S/C18H30.2C17H28.C16H28.C16H26.2C15H26.C13H22.C12H20.C11H18/c1-6-7-8-12-17(4)14-10-15-18(5)13-9-11-16(2)3;1-6-7-11-16(4)13-9-14-17(5)12-8-10-15(2)3;1-6-7-8-11-16(4)13-14-17(5)12-9-10-15(2)3;1-8-9-14(5)16(7)15(6)11-10-13(4)12(2)3;1-6-7-10-15(4)12-13-16(5)11-8-9-14(2)3;2*1-5-11-15(6-2)13-10-8-7-9-12-14(3)4;1-5-6-7-10-13(4)11-8-9-12(2)3;1-4-7-8-9-11-12(6-3)10-5-2;1-4-7-8-10-11(6-3)9-5-2/h6,11-12,15H,1,7-10,13-14H2,2-5H3;2*6,10-11,14H,1,7-9,12-13H2,2-5H3;8,14H,1,9-11H2,2-7H3;6,9-10,13H,1,7-8,11-12H2,2-5H3;2*5-6,12H,1,7-11,13H2,2-4H3;5,9-10H,1,6-8,11H2,2-4H3;5-8H,2,4,9-11H2,1,3H3;4-7H,2,8-10H2,1,3H3/b17-12+,18-15+;16-11?,17-14+;16-11+,17-14?;16-15-;;2*15-6-;13-10-;8-7-,12-6-;7-4-,11-6-. The van der Waals surface area contributed by atoms with Gasteiger partial charge in [0.1, 0.15) is 0 Å². The third kappa shape index (κ3) is 145. The monoisotopic (exact) mass is 2050 g/mol. The molecule has 0 heterocycles. The summed E-state index contributed by atoms with van der Waals surface area (Å²) in [5, 5.41) is 0. The zero-order valence-electron chi connectivity index (χ0n) is 107. The largest absolute Gasteiger partial charge is 0.103 e. The summed E-state index contributed by atoms with van der Waals surface area (Å²) in [6.07, 6.45) is 128. The number of rotatable bonds is 71. The second kappa shape index (κ2) is 127. The molecule has 0 radical (unpaired) electrons. The van der Waals surface area contributed by atoms with Crippen LogP contribution in [0.3, 0.4) is 0 Å². The van der Waals surface area contributed by atoms with Gasteiger partial charge in [-0.3, -0.25) is 0 Å². The Bertz CT molecular complexity index is 4130. The van der Waals surface area contributed by atoms with Crippen LogP contribution in [0.2, 0.25) is 0 Å². The highest BCUT2D eigenvalue weighted by atomic mass is 14.1. The van der Waals surface area contributed by atoms with E-state index in [-0.39, 0.29) is 0 Å². The highest BCUT2D eigenvalue weighted by Crippen LogP contribution is 2.26. The Balaban J connectivity index is -0.000000182. The molecule has 0 amide bonds. The predicted octanol–water partition coefficient (Wildman–Crippen LogP) is 53.2. The van der Waals surface area contributed by atoms with Crippen molar-refractivity contribution >= 4 is 0 Å². The van der Waals surface area contributed by atoms with Crippen LogP contribution in [0.5, 0.6) is 0 Å². The normalized spacial score (nSPS) is 12.3. The molecule has 852 valence electrons. The summed E-state index contributed by atoms with van der Waals surface area (Å²) in [6.45, 7) is 114. The molecule has 0 aliphatic heterocycles. The van der Waals surface area contributed by atoms with Crippen LogP contribution in [-0.4, -0.2) is 0 Å². The van der Waals surface area contributed by atoms with Crippen LogP contribution < -0.4 is 0 Å². The second-order valence-corrected chi connectivity index (χ2v) is 42.9. The molecule has 0 N–H and O–H groups in total. The van der Waals surface area contributed by atoms with E-state index < -0.39 is 0 Å². The molecule has 0 nitrogen and oxygen atoms in total. The zero-order valence-corrected chi connectivity index (χ0v) is 107. The van der Waals surface area contributed by atoms with Crippen molar-refractivity contribution in [3.63, 3.8) is 0 Å². The minimum atomic E-state index is 0.643. The summed E-state index contributed by atoms with van der Waals surface area (Å²) in [7, 11) is 0. The van der Waals surface area contributed by atoms with Gasteiger partial charge in [0.25, 0.3) is 0 Å². The Labute approximate surface area is 943 Å². The predicted molar refractivity (Wildman–Crippen MR) is 710 cm³/mol. The average Bonchev–Trinajstić information content (AvgIpc) is 0.916. The first-order valence-electron chi connectivity index (χ1n) is 58.9. The van der Waals surface area contributed by atoms with Crippen molar-refractivity contribution in [1.82, 2.24) is 0 Å². The summed E-state index contributed by atoms with van der Waals surface area (Å²) in [4.78, 5) is 0. The topological polar surface area (TPSA) is 0 Å². The molecule has 0 heteroatoms. The summed E-state index contributed by atoms with van der Waals surface area (Å²) >= 11 is 0. The molecule has 0 aromatic rings. The van der Waals surface area contributed by atoms with Crippen LogP contribution in [0.15, 0.2) is 406 Å². The van der Waals surface area contributed by atoms with E-state index in [9.17, 15) is 0 Å². The minimum Gasteiger partial charge on any atom is -0.103 e. The fourth-order valence-electron chi connectivity index (χ4n) is 14.5. The lowest BCUT2D eigenvalue weighted by Gasteiger charge is -2.14. The number of unbranched alkanes of at least 4 members (excludes halogenated alkanes) is 9. The van der Waals surface area contributed by atoms with Gasteiger partial charge in [0.05, 0.1) is 0 Å². The molecule has 0 rings (SSSR count). The Morgan fingerprint density at radius 3 is 0.733 bits per heavy atom. The highest BCUT2D eigenvalue weighted by Gasteiger charge is 2.08. The van der Waals surface area contributed by atoms with Gasteiger partial charge in [-0.15, -0.1) is 65.8 Å². The molecule has 0 fully saturated rings. The van der Waals surface area contributed by atoms with Crippen molar-refractivity contribution < 1.29 is 0 Å². The Morgan fingerprint density at radius 2 is 0.460 bits per heavy atom. The van der Waals surface area contributed by atoms with E-state index in [0.717, 1.165) is 109 Å². The van der Waals surface area contributed by atoms with Crippen molar-refractivity contribution in [3.8, 4) is 0 Å². The maximum atomic E-state index is 3.81. The first-order valence-corrected chi connectivity index (χ1v) is 58.9. The van der Waals surface area contributed by atoms with Gasteiger partial charge in [-0.2, -0.15) is 0 Å². The van der Waals surface area contributed by atoms with Crippen LogP contribution in [0.4, 0.5) is 0 Å². The molecule has 0 aromatic carbocycles. The van der Waals surface area contributed by atoms with Gasteiger partial charge in [0.15, 0.2) is 0 Å². The van der Waals surface area contributed by atoms with Gasteiger partial charge in [0.2, 0.25) is 0 Å². The zero-order chi connectivity index (χ0) is 116. The molecular weight excluding hydrogens is 1800 g/mol. The molecule has 0 aliphatic rings. The van der Waals surface area contributed by atoms with Crippen molar-refractivity contribution in [2.24, 2.45) is 5.92 Å². The van der Waals surface area contributed by atoms with E-state index in [4.69, 9.17) is 0 Å². The Hall–Kier alpha value is -8.84. The number of hydrogen-bond acceptors (Lipinski definition) is 0. The van der Waals surface area contributed by atoms with E-state index in [0.29, 0.717) is 5.92 Å². The molecule has 150 heavy (non-hydrogen) atoms. The van der Waals surface area contributed by atoms with Crippen LogP contribution in [-0.2, 0) is 0 Å². The lowest BCUT2D eigenvalue weighted by Crippen LogP contribution is -1.98. The Morgan fingerprint density at radius 1 is 0.200 bits per heavy atom. The Kier molecular flexibility index (Phi) is 137. The van der Waals surface area contributed by atoms with Gasteiger partial charge in [-0.1, -0.05) is 367 Å². The molecule has 0 saturated carbocycles. The van der Waals surface area contributed by atoms with Crippen LogP contribution in [0.25, 0.3) is 0 Å². The van der Waals surface area contributed by atoms with Crippen LogP contribution in [0.1, 0.15) is 538 Å². The molecule has 0 aromatic heterocycles. The quantitative estimate of drug-likeness (QED) is 0.0421. The van der Waals surface area contributed by atoms with E-state index in [1.54, 1.807) is 11.1 Å². The van der Waals surface area contributed by atoms with E-state index >= 15 is 0 Å². The van der Waals surface area contributed by atoms with Gasteiger partial charge >= 0.3 is 0 Å². The molecular formula is C150H252. The smallest absolute Gasteiger partial charge is 0.0139 e.